The fourth-order valence-corrected chi connectivity index (χ4v) is 2.96. The summed E-state index contributed by atoms with van der Waals surface area (Å²) in [6.07, 6.45) is -3.33. The zero-order valence-corrected chi connectivity index (χ0v) is 12.7. The molecule has 1 aliphatic heterocycles. The Hall–Kier alpha value is -1.93. The van der Waals surface area contributed by atoms with Gasteiger partial charge in [-0.05, 0) is 19.1 Å². The number of nitrogens with two attached hydrogens (primary N) is 1. The van der Waals surface area contributed by atoms with Gasteiger partial charge in [0.05, 0.1) is 6.54 Å². The highest BCUT2D eigenvalue weighted by Crippen LogP contribution is 2.18. The molecule has 6 N–H and O–H groups in total. The van der Waals surface area contributed by atoms with Crippen molar-refractivity contribution in [2.24, 2.45) is 0 Å². The molecule has 2 heterocycles. The number of aliphatic hydroxyl groups excluding tert-OH is 3. The summed E-state index contributed by atoms with van der Waals surface area (Å²) in [6.45, 7) is 1.92. The van der Waals surface area contributed by atoms with Crippen LogP contribution in [0.25, 0.3) is 11.0 Å². The lowest BCUT2D eigenvalue weighted by Gasteiger charge is -2.37. The van der Waals surface area contributed by atoms with Crippen molar-refractivity contribution in [3.8, 4) is 0 Å². The number of piperidine rings is 1. The SMILES string of the molecule is C[C@@H]1[NH2+][C@H](CNC(=O)c2cc3ccccc3o2)[C@@H](O)[C@H](O)[C@@H]1O. The van der Waals surface area contributed by atoms with Crippen molar-refractivity contribution in [2.75, 3.05) is 6.54 Å². The Morgan fingerprint density at radius 3 is 2.70 bits per heavy atom. The molecule has 0 spiro atoms. The summed E-state index contributed by atoms with van der Waals surface area (Å²) in [5.74, 6) is -0.180. The van der Waals surface area contributed by atoms with Gasteiger partial charge in [0.1, 0.15) is 36.0 Å². The van der Waals surface area contributed by atoms with Crippen LogP contribution in [0, 0.1) is 0 Å². The highest BCUT2D eigenvalue weighted by Gasteiger charge is 2.43. The van der Waals surface area contributed by atoms with E-state index >= 15 is 0 Å². The third kappa shape index (κ3) is 3.09. The Balaban J connectivity index is 1.64. The van der Waals surface area contributed by atoms with Crippen LogP contribution in [0.2, 0.25) is 0 Å². The summed E-state index contributed by atoms with van der Waals surface area (Å²) in [5, 5.41) is 34.8. The van der Waals surface area contributed by atoms with E-state index in [-0.39, 0.29) is 24.3 Å². The molecule has 1 fully saturated rings. The smallest absolute Gasteiger partial charge is 0.287 e. The number of rotatable bonds is 3. The monoisotopic (exact) mass is 321 g/mol. The number of benzene rings is 1. The lowest BCUT2D eigenvalue weighted by Crippen LogP contribution is -3.03. The maximum absolute atomic E-state index is 12.2. The maximum Gasteiger partial charge on any atom is 0.287 e. The molecule has 0 radical (unpaired) electrons. The van der Waals surface area contributed by atoms with Crippen LogP contribution in [0.5, 0.6) is 0 Å². The first-order valence-corrected chi connectivity index (χ1v) is 7.63. The molecule has 7 nitrogen and oxygen atoms in total. The van der Waals surface area contributed by atoms with Crippen LogP contribution in [-0.2, 0) is 0 Å². The summed E-state index contributed by atoms with van der Waals surface area (Å²) < 4.78 is 5.48. The van der Waals surface area contributed by atoms with Crippen LogP contribution < -0.4 is 10.6 Å². The minimum atomic E-state index is -1.22. The van der Waals surface area contributed by atoms with Gasteiger partial charge in [0.15, 0.2) is 5.76 Å². The first kappa shape index (κ1) is 15.9. The highest BCUT2D eigenvalue weighted by molar-refractivity contribution is 5.96. The number of hydrogen-bond acceptors (Lipinski definition) is 5. The van der Waals surface area contributed by atoms with E-state index in [2.05, 4.69) is 5.32 Å². The number of fused-ring (bicyclic) bond motifs is 1. The van der Waals surface area contributed by atoms with Crippen molar-refractivity contribution in [1.82, 2.24) is 5.32 Å². The second-order valence-electron chi connectivity index (χ2n) is 6.05. The fourth-order valence-electron chi connectivity index (χ4n) is 2.96. The first-order valence-electron chi connectivity index (χ1n) is 7.63. The number of hydrogen-bond donors (Lipinski definition) is 5. The van der Waals surface area contributed by atoms with Gasteiger partial charge in [-0.3, -0.25) is 4.79 Å². The topological polar surface area (TPSA) is 120 Å². The Morgan fingerprint density at radius 2 is 1.96 bits per heavy atom. The normalized spacial score (nSPS) is 31.2. The van der Waals surface area contributed by atoms with Gasteiger partial charge in [-0.25, -0.2) is 0 Å². The van der Waals surface area contributed by atoms with Crippen LogP contribution in [0.4, 0.5) is 0 Å². The quantitative estimate of drug-likeness (QED) is 0.475. The lowest BCUT2D eigenvalue weighted by molar-refractivity contribution is -0.743. The van der Waals surface area contributed by atoms with Crippen molar-refractivity contribution in [2.45, 2.75) is 37.3 Å². The van der Waals surface area contributed by atoms with Gasteiger partial charge < -0.3 is 30.4 Å². The van der Waals surface area contributed by atoms with Crippen molar-refractivity contribution in [3.63, 3.8) is 0 Å². The van der Waals surface area contributed by atoms with Crippen LogP contribution in [-0.4, -0.2) is 58.2 Å². The van der Waals surface area contributed by atoms with Crippen molar-refractivity contribution >= 4 is 16.9 Å². The Labute approximate surface area is 132 Å². The maximum atomic E-state index is 12.2. The fraction of sp³-hybridized carbons (Fsp3) is 0.438. The van der Waals surface area contributed by atoms with Crippen molar-refractivity contribution in [3.05, 3.63) is 36.1 Å². The molecule has 1 amide bonds. The van der Waals surface area contributed by atoms with E-state index in [1.165, 1.54) is 0 Å². The molecule has 23 heavy (non-hydrogen) atoms. The first-order chi connectivity index (χ1) is 11.0. The van der Waals surface area contributed by atoms with E-state index in [1.807, 2.05) is 18.2 Å². The zero-order valence-electron chi connectivity index (χ0n) is 12.7. The molecule has 0 saturated carbocycles. The molecule has 0 bridgehead atoms. The van der Waals surface area contributed by atoms with E-state index < -0.39 is 24.4 Å². The molecule has 5 atom stereocenters. The number of furan rings is 1. The van der Waals surface area contributed by atoms with Crippen LogP contribution >= 0.6 is 0 Å². The average Bonchev–Trinajstić information content (AvgIpc) is 2.99. The number of aliphatic hydroxyl groups is 3. The molecule has 7 heteroatoms. The number of carbonyl (C=O) groups is 1. The van der Waals surface area contributed by atoms with Crippen LogP contribution in [0.1, 0.15) is 17.5 Å². The molecule has 2 aromatic rings. The molecule has 1 saturated heterocycles. The van der Waals surface area contributed by atoms with E-state index in [0.717, 1.165) is 5.39 Å². The number of carbonyl (C=O) groups excluding carboxylic acids is 1. The number of amides is 1. The Kier molecular flexibility index (Phi) is 4.36. The summed E-state index contributed by atoms with van der Waals surface area (Å²) in [6, 6.07) is 8.29. The summed E-state index contributed by atoms with van der Waals surface area (Å²) in [5.41, 5.74) is 0.633. The highest BCUT2D eigenvalue weighted by atomic mass is 16.4. The molecule has 124 valence electrons. The predicted molar refractivity (Wildman–Crippen MR) is 81.7 cm³/mol. The van der Waals surface area contributed by atoms with E-state index in [9.17, 15) is 20.1 Å². The second kappa shape index (κ2) is 6.29. The van der Waals surface area contributed by atoms with Gasteiger partial charge in [-0.2, -0.15) is 0 Å². The molecule has 1 aliphatic rings. The molecule has 3 rings (SSSR count). The summed E-state index contributed by atoms with van der Waals surface area (Å²) >= 11 is 0. The van der Waals surface area contributed by atoms with Gasteiger partial charge >= 0.3 is 0 Å². The summed E-state index contributed by atoms with van der Waals surface area (Å²) in [7, 11) is 0. The van der Waals surface area contributed by atoms with Crippen molar-refractivity contribution < 1.29 is 29.8 Å². The van der Waals surface area contributed by atoms with Gasteiger partial charge in [0, 0.05) is 5.39 Å². The molecular weight excluding hydrogens is 300 g/mol. The molecular formula is C16H21N2O5+. The molecule has 0 unspecified atom stereocenters. The van der Waals surface area contributed by atoms with Crippen LogP contribution in [0.3, 0.4) is 0 Å². The molecule has 1 aromatic heterocycles. The van der Waals surface area contributed by atoms with Gasteiger partial charge in [-0.15, -0.1) is 0 Å². The lowest BCUT2D eigenvalue weighted by atomic mass is 9.91. The third-order valence-electron chi connectivity index (χ3n) is 4.38. The van der Waals surface area contributed by atoms with E-state index in [4.69, 9.17) is 4.42 Å². The standard InChI is InChI=1S/C16H20N2O5/c1-8-13(19)15(21)14(20)10(18-8)7-17-16(22)12-6-9-4-2-3-5-11(9)23-12/h2-6,8,10,13-15,18-21H,7H2,1H3,(H,17,22)/p+1/t8-,10+,13+,14+,15+/m0/s1. The van der Waals surface area contributed by atoms with Gasteiger partial charge in [-0.1, -0.05) is 18.2 Å². The van der Waals surface area contributed by atoms with Crippen molar-refractivity contribution in [1.29, 1.82) is 0 Å². The van der Waals surface area contributed by atoms with E-state index in [1.54, 1.807) is 24.4 Å². The third-order valence-corrected chi connectivity index (χ3v) is 4.38. The largest absolute Gasteiger partial charge is 0.451 e. The second-order valence-corrected chi connectivity index (χ2v) is 6.05. The molecule has 0 aliphatic carbocycles. The minimum absolute atomic E-state index is 0.158. The Morgan fingerprint density at radius 1 is 1.22 bits per heavy atom. The minimum Gasteiger partial charge on any atom is -0.451 e. The predicted octanol–water partition coefficient (Wildman–Crippen LogP) is -1.42. The zero-order chi connectivity index (χ0) is 16.6. The summed E-state index contributed by atoms with van der Waals surface area (Å²) in [4.78, 5) is 12.2. The number of para-hydroxylation sites is 1. The average molecular weight is 321 g/mol. The van der Waals surface area contributed by atoms with E-state index in [0.29, 0.717) is 5.58 Å². The Bertz CT molecular complexity index is 668. The number of nitrogens with one attached hydrogen (secondary N) is 1. The number of quaternary nitrogens is 1. The van der Waals surface area contributed by atoms with Gasteiger partial charge in [0.2, 0.25) is 0 Å². The van der Waals surface area contributed by atoms with Crippen LogP contribution in [0.15, 0.2) is 34.7 Å². The van der Waals surface area contributed by atoms with Gasteiger partial charge in [0.25, 0.3) is 5.91 Å². The molecule has 1 aromatic carbocycles.